The Bertz CT molecular complexity index is 1570. The zero-order valence-electron chi connectivity index (χ0n) is 21.4. The molecule has 1 aliphatic heterocycles. The van der Waals surface area contributed by atoms with Crippen molar-refractivity contribution in [3.8, 4) is 16.9 Å². The van der Waals surface area contributed by atoms with Gasteiger partial charge in [0.2, 0.25) is 5.95 Å². The minimum absolute atomic E-state index is 0.300. The molecule has 1 unspecified atom stereocenters. The molecule has 1 aliphatic rings. The Hall–Kier alpha value is -4.64. The van der Waals surface area contributed by atoms with Crippen molar-refractivity contribution in [1.82, 2.24) is 9.97 Å². The fourth-order valence-corrected chi connectivity index (χ4v) is 5.61. The van der Waals surface area contributed by atoms with E-state index in [9.17, 15) is 9.00 Å². The molecule has 10 nitrogen and oxygen atoms in total. The summed E-state index contributed by atoms with van der Waals surface area (Å²) in [6.07, 6.45) is 3.14. The number of methoxy groups -OCH3 is 1. The average Bonchev–Trinajstić information content (AvgIpc) is 2.94. The Morgan fingerprint density at radius 1 is 1.00 bits per heavy atom. The molecule has 0 saturated carbocycles. The second kappa shape index (κ2) is 11.4. The number of hydrogen-bond donors (Lipinski definition) is 5. The number of urea groups is 1. The molecule has 5 N–H and O–H groups in total. The highest BCUT2D eigenvalue weighted by atomic mass is 32.2. The molecule has 1 atom stereocenters. The summed E-state index contributed by atoms with van der Waals surface area (Å²) in [5, 5.41) is 12.2. The Balaban J connectivity index is 1.32. The van der Waals surface area contributed by atoms with E-state index in [1.54, 1.807) is 55.8 Å². The number of anilines is 5. The first-order valence-corrected chi connectivity index (χ1v) is 14.2. The lowest BCUT2D eigenvalue weighted by atomic mass is 10.1. The van der Waals surface area contributed by atoms with Gasteiger partial charge in [-0.2, -0.15) is 4.98 Å². The molecule has 0 radical (unpaired) electrons. The molecular formula is C28H29N7O3S. The number of carbonyl (C=O) groups excluding carboxylic acids is 1. The van der Waals surface area contributed by atoms with Gasteiger partial charge < -0.3 is 26.0 Å². The molecule has 2 heterocycles. The SMILES string of the molecule is COc1ccc(NC(=O)Nc2ccc(-c3cnc4nc3NCCCCS(=N)(=O)c3cccc(c3)N4)cc2)cc1. The molecule has 0 fully saturated rings. The molecule has 2 amide bonds. The van der Waals surface area contributed by atoms with Crippen molar-refractivity contribution in [1.29, 1.82) is 4.78 Å². The van der Waals surface area contributed by atoms with Crippen molar-refractivity contribution in [2.45, 2.75) is 17.7 Å². The second-order valence-corrected chi connectivity index (χ2v) is 11.2. The zero-order valence-corrected chi connectivity index (χ0v) is 22.2. The van der Waals surface area contributed by atoms with Crippen LogP contribution in [0.5, 0.6) is 5.75 Å². The van der Waals surface area contributed by atoms with Crippen LogP contribution in [0.4, 0.5) is 33.6 Å². The van der Waals surface area contributed by atoms with Gasteiger partial charge >= 0.3 is 6.03 Å². The van der Waals surface area contributed by atoms with Gasteiger partial charge in [-0.15, -0.1) is 0 Å². The number of rotatable bonds is 4. The lowest BCUT2D eigenvalue weighted by Gasteiger charge is -2.14. The maximum Gasteiger partial charge on any atom is 0.323 e. The molecule has 3 aromatic carbocycles. The van der Waals surface area contributed by atoms with Crippen LogP contribution in [0.3, 0.4) is 0 Å². The first-order chi connectivity index (χ1) is 18.9. The van der Waals surface area contributed by atoms with Gasteiger partial charge in [-0.25, -0.2) is 18.8 Å². The normalized spacial score (nSPS) is 16.7. The maximum atomic E-state index is 12.9. The molecule has 39 heavy (non-hydrogen) atoms. The van der Waals surface area contributed by atoms with Crippen molar-refractivity contribution < 1.29 is 13.7 Å². The summed E-state index contributed by atoms with van der Waals surface area (Å²) in [6, 6.07) is 21.2. The third-order valence-electron chi connectivity index (χ3n) is 6.21. The minimum atomic E-state index is -2.87. The lowest BCUT2D eigenvalue weighted by molar-refractivity contribution is 0.262. The van der Waals surface area contributed by atoms with E-state index >= 15 is 0 Å². The lowest BCUT2D eigenvalue weighted by Crippen LogP contribution is -2.19. The number of hydrogen-bond acceptors (Lipinski definition) is 8. The standard InChI is InChI=1S/C28H29N7O3S/c1-38-23-13-11-21(12-14-23)34-28(36)33-20-9-7-19(8-10-20)25-18-31-27-32-22-5-4-6-24(17-22)39(29,37)16-3-2-15-30-26(25)35-27/h4-14,17-18,29H,2-3,15-16H2,1H3,(H2,33,34,36)(H2,30,31,32,35). The summed E-state index contributed by atoms with van der Waals surface area (Å²) >= 11 is 0. The summed E-state index contributed by atoms with van der Waals surface area (Å²) in [6.45, 7) is 0.613. The van der Waals surface area contributed by atoms with Crippen LogP contribution in [-0.2, 0) is 9.73 Å². The van der Waals surface area contributed by atoms with Gasteiger partial charge in [0.25, 0.3) is 0 Å². The fourth-order valence-electron chi connectivity index (χ4n) is 4.15. The minimum Gasteiger partial charge on any atom is -0.497 e. The molecule has 4 aromatic rings. The number of amides is 2. The van der Waals surface area contributed by atoms with Gasteiger partial charge in [-0.1, -0.05) is 18.2 Å². The molecule has 4 bridgehead atoms. The monoisotopic (exact) mass is 543 g/mol. The number of aromatic nitrogens is 2. The van der Waals surface area contributed by atoms with Crippen LogP contribution in [0.2, 0.25) is 0 Å². The first-order valence-electron chi connectivity index (χ1n) is 12.5. The highest BCUT2D eigenvalue weighted by Gasteiger charge is 2.15. The Labute approximate surface area is 227 Å². The predicted octanol–water partition coefficient (Wildman–Crippen LogP) is 6.15. The summed E-state index contributed by atoms with van der Waals surface area (Å²) in [4.78, 5) is 22.1. The van der Waals surface area contributed by atoms with E-state index in [4.69, 9.17) is 14.5 Å². The molecule has 11 heteroatoms. The van der Waals surface area contributed by atoms with Gasteiger partial charge in [-0.3, -0.25) is 0 Å². The van der Waals surface area contributed by atoms with E-state index in [2.05, 4.69) is 26.3 Å². The molecular weight excluding hydrogens is 514 g/mol. The number of fused-ring (bicyclic) bond motifs is 4. The third kappa shape index (κ3) is 6.44. The van der Waals surface area contributed by atoms with Crippen LogP contribution in [0.25, 0.3) is 11.1 Å². The van der Waals surface area contributed by atoms with Crippen molar-refractivity contribution in [3.05, 3.63) is 79.0 Å². The van der Waals surface area contributed by atoms with Gasteiger partial charge in [0.05, 0.1) is 16.8 Å². The maximum absolute atomic E-state index is 12.9. The average molecular weight is 544 g/mol. The summed E-state index contributed by atoms with van der Waals surface area (Å²) in [5.74, 6) is 2.06. The largest absolute Gasteiger partial charge is 0.497 e. The molecule has 0 aliphatic carbocycles. The quantitative estimate of drug-likeness (QED) is 0.208. The number of nitrogens with one attached hydrogen (secondary N) is 5. The highest BCUT2D eigenvalue weighted by molar-refractivity contribution is 7.92. The van der Waals surface area contributed by atoms with Gasteiger partial charge in [0, 0.05) is 46.0 Å². The Morgan fingerprint density at radius 2 is 1.72 bits per heavy atom. The van der Waals surface area contributed by atoms with Crippen LogP contribution in [-0.4, -0.2) is 39.6 Å². The van der Waals surface area contributed by atoms with Crippen LogP contribution in [0.15, 0.2) is 83.9 Å². The van der Waals surface area contributed by atoms with E-state index in [0.29, 0.717) is 58.2 Å². The summed E-state index contributed by atoms with van der Waals surface area (Å²) in [7, 11) is -1.28. The van der Waals surface area contributed by atoms with Crippen molar-refractivity contribution >= 4 is 44.6 Å². The molecule has 1 aromatic heterocycles. The van der Waals surface area contributed by atoms with E-state index < -0.39 is 9.73 Å². The van der Waals surface area contributed by atoms with Crippen molar-refractivity contribution in [2.75, 3.05) is 40.7 Å². The Kier molecular flexibility index (Phi) is 7.60. The van der Waals surface area contributed by atoms with E-state index in [0.717, 1.165) is 17.5 Å². The van der Waals surface area contributed by atoms with E-state index in [1.807, 2.05) is 30.3 Å². The van der Waals surface area contributed by atoms with Crippen LogP contribution in [0.1, 0.15) is 12.8 Å². The first kappa shape index (κ1) is 26.0. The summed E-state index contributed by atoms with van der Waals surface area (Å²) < 4.78 is 26.4. The van der Waals surface area contributed by atoms with E-state index in [1.165, 1.54) is 0 Å². The van der Waals surface area contributed by atoms with Crippen molar-refractivity contribution in [3.63, 3.8) is 0 Å². The van der Waals surface area contributed by atoms with Crippen LogP contribution in [0, 0.1) is 4.78 Å². The second-order valence-electron chi connectivity index (χ2n) is 9.01. The molecule has 200 valence electrons. The van der Waals surface area contributed by atoms with Gasteiger partial charge in [0.1, 0.15) is 11.6 Å². The smallest absolute Gasteiger partial charge is 0.323 e. The molecule has 0 spiro atoms. The topological polar surface area (TPSA) is 141 Å². The highest BCUT2D eigenvalue weighted by Crippen LogP contribution is 2.29. The van der Waals surface area contributed by atoms with Gasteiger partial charge in [0.15, 0.2) is 0 Å². The number of ether oxygens (including phenoxy) is 1. The number of benzene rings is 3. The summed E-state index contributed by atoms with van der Waals surface area (Å²) in [5.41, 5.74) is 3.65. The molecule has 0 saturated heterocycles. The number of carbonyl (C=O) groups is 1. The van der Waals surface area contributed by atoms with Crippen LogP contribution >= 0.6 is 0 Å². The van der Waals surface area contributed by atoms with Crippen LogP contribution < -0.4 is 26.0 Å². The zero-order chi connectivity index (χ0) is 27.2. The van der Waals surface area contributed by atoms with E-state index in [-0.39, 0.29) is 6.03 Å². The number of nitrogens with zero attached hydrogens (tertiary/aromatic N) is 2. The third-order valence-corrected chi connectivity index (χ3v) is 8.09. The fraction of sp³-hybridized carbons (Fsp3) is 0.179. The van der Waals surface area contributed by atoms with Gasteiger partial charge in [-0.05, 0) is 73.0 Å². The van der Waals surface area contributed by atoms with Crippen molar-refractivity contribution in [2.24, 2.45) is 0 Å². The molecule has 5 rings (SSSR count). The predicted molar refractivity (Wildman–Crippen MR) is 155 cm³/mol. The Morgan fingerprint density at radius 3 is 2.44 bits per heavy atom.